The molecule has 8 nitrogen and oxygen atoms in total. The second kappa shape index (κ2) is 18.9. The van der Waals surface area contributed by atoms with Crippen molar-refractivity contribution in [3.63, 3.8) is 0 Å². The number of fused-ring (bicyclic) bond motifs is 2. The van der Waals surface area contributed by atoms with Crippen LogP contribution in [0, 0.1) is 35.1 Å². The Balaban J connectivity index is 0.000000169. The van der Waals surface area contributed by atoms with E-state index in [-0.39, 0.29) is 11.8 Å². The molecule has 8 rings (SSSR count). The van der Waals surface area contributed by atoms with Crippen LogP contribution in [0.4, 0.5) is 28.9 Å². The van der Waals surface area contributed by atoms with Crippen LogP contribution >= 0.6 is 0 Å². The maximum Gasteiger partial charge on any atom is 0.227 e. The quantitative estimate of drug-likeness (QED) is 0.186. The van der Waals surface area contributed by atoms with E-state index in [4.69, 9.17) is 9.47 Å². The number of ether oxygens (including phenoxy) is 2. The Kier molecular flexibility index (Phi) is 13.8. The number of aryl methyl sites for hydroxylation is 2. The fraction of sp³-hybridized carbons (Fsp3) is 0.674. The topological polar surface area (TPSA) is 65.6 Å². The highest BCUT2D eigenvalue weighted by Crippen LogP contribution is 2.33. The number of carbonyl (C=O) groups excluding carboxylic acids is 2. The largest absolute Gasteiger partial charge is 0.378 e. The molecule has 0 spiro atoms. The molecule has 4 fully saturated rings. The summed E-state index contributed by atoms with van der Waals surface area (Å²) in [6.07, 6.45) is 15.1. The van der Waals surface area contributed by atoms with Crippen molar-refractivity contribution in [3.05, 3.63) is 58.7 Å². The van der Waals surface area contributed by atoms with Crippen LogP contribution in [0.1, 0.15) is 94.6 Å². The van der Waals surface area contributed by atoms with Crippen LogP contribution in [-0.4, -0.2) is 99.4 Å². The highest BCUT2D eigenvalue weighted by atomic mass is 19.2. The molecule has 2 aliphatic carbocycles. The molecule has 0 atom stereocenters. The molecule has 0 aromatic heterocycles. The summed E-state index contributed by atoms with van der Waals surface area (Å²) in [7, 11) is 0. The first-order chi connectivity index (χ1) is 26.7. The zero-order chi connectivity index (χ0) is 38.3. The molecule has 2 saturated heterocycles. The van der Waals surface area contributed by atoms with E-state index in [1.165, 1.54) is 56.4 Å². The number of anilines is 2. The molecule has 12 heteroatoms. The predicted octanol–water partition coefficient (Wildman–Crippen LogP) is 7.44. The van der Waals surface area contributed by atoms with E-state index in [1.807, 2.05) is 0 Å². The first kappa shape index (κ1) is 40.1. The second-order valence-corrected chi connectivity index (χ2v) is 16.6. The average Bonchev–Trinajstić information content (AvgIpc) is 4.00. The molecule has 55 heavy (non-hydrogen) atoms. The Morgan fingerprint density at radius 1 is 0.509 bits per heavy atom. The van der Waals surface area contributed by atoms with E-state index in [2.05, 4.69) is 9.80 Å². The Hall–Kier alpha value is -3.06. The number of hydrogen-bond donors (Lipinski definition) is 0. The summed E-state index contributed by atoms with van der Waals surface area (Å²) in [4.78, 5) is 32.7. The van der Waals surface area contributed by atoms with E-state index in [9.17, 15) is 27.2 Å². The number of carbonyl (C=O) groups is 2. The zero-order valence-corrected chi connectivity index (χ0v) is 32.2. The molecule has 0 unspecified atom stereocenters. The number of nitrogens with zero attached hydrogens (tertiary/aromatic N) is 4. The minimum Gasteiger partial charge on any atom is -0.378 e. The molecule has 0 N–H and O–H groups in total. The summed E-state index contributed by atoms with van der Waals surface area (Å²) in [5, 5.41) is 0. The van der Waals surface area contributed by atoms with Gasteiger partial charge in [-0.2, -0.15) is 0 Å². The molecule has 6 aliphatic rings. The van der Waals surface area contributed by atoms with Gasteiger partial charge in [0.25, 0.3) is 0 Å². The fourth-order valence-corrected chi connectivity index (χ4v) is 8.56. The van der Waals surface area contributed by atoms with Crippen molar-refractivity contribution in [1.82, 2.24) is 9.80 Å². The lowest BCUT2D eigenvalue weighted by Gasteiger charge is -2.35. The van der Waals surface area contributed by atoms with Crippen molar-refractivity contribution in [3.8, 4) is 0 Å². The molecule has 2 saturated carbocycles. The summed E-state index contributed by atoms with van der Waals surface area (Å²) in [5.41, 5.74) is 2.53. The molecule has 0 bridgehead atoms. The highest BCUT2D eigenvalue weighted by Gasteiger charge is 2.29. The molecule has 2 aromatic rings. The van der Waals surface area contributed by atoms with Crippen LogP contribution in [0.15, 0.2) is 24.3 Å². The van der Waals surface area contributed by atoms with Gasteiger partial charge in [-0.1, -0.05) is 6.42 Å². The van der Waals surface area contributed by atoms with Gasteiger partial charge in [0.1, 0.15) is 0 Å². The molecular formula is C43H58F4N4O4. The van der Waals surface area contributed by atoms with Crippen molar-refractivity contribution < 1.29 is 36.6 Å². The first-order valence-electron chi connectivity index (χ1n) is 20.9. The van der Waals surface area contributed by atoms with Crippen molar-refractivity contribution >= 4 is 23.2 Å². The van der Waals surface area contributed by atoms with Gasteiger partial charge in [-0.3, -0.25) is 9.59 Å². The Labute approximate surface area is 323 Å². The standard InChI is InChI=1S/C22H30F2N2O2.C21H28F2N2O2/c23-19-13-17-5-6-22(27)26(21(17)14-20(19)24)10-2-9-25-11-7-18(8-12-25)28-15-16-3-1-4-16;22-18-12-16-4-5-21(26)25(20(16)13-19(18)23)9-1-8-24-10-6-17(7-11-24)27-14-15-2-3-15/h13-14,16,18H,1-12,15H2;12-13,15,17H,1-11,14H2. The van der Waals surface area contributed by atoms with Gasteiger partial charge in [0.2, 0.25) is 11.8 Å². The summed E-state index contributed by atoms with van der Waals surface area (Å²) >= 11 is 0. The normalized spacial score (nSPS) is 21.6. The third-order valence-corrected chi connectivity index (χ3v) is 12.5. The number of piperidine rings is 2. The van der Waals surface area contributed by atoms with Gasteiger partial charge in [0.15, 0.2) is 23.3 Å². The highest BCUT2D eigenvalue weighted by molar-refractivity contribution is 5.97. The van der Waals surface area contributed by atoms with Crippen LogP contribution in [0.25, 0.3) is 0 Å². The maximum absolute atomic E-state index is 13.7. The van der Waals surface area contributed by atoms with Crippen molar-refractivity contribution in [1.29, 1.82) is 0 Å². The number of rotatable bonds is 14. The van der Waals surface area contributed by atoms with Crippen molar-refractivity contribution in [2.24, 2.45) is 11.8 Å². The van der Waals surface area contributed by atoms with E-state index in [0.717, 1.165) is 114 Å². The molecule has 4 heterocycles. The third-order valence-electron chi connectivity index (χ3n) is 12.5. The molecule has 2 aromatic carbocycles. The number of amides is 2. The van der Waals surface area contributed by atoms with Gasteiger partial charge in [-0.25, -0.2) is 17.6 Å². The van der Waals surface area contributed by atoms with Gasteiger partial charge in [-0.05, 0) is 125 Å². The van der Waals surface area contributed by atoms with Gasteiger partial charge in [0, 0.05) is 88.8 Å². The Morgan fingerprint density at radius 3 is 1.29 bits per heavy atom. The maximum atomic E-state index is 13.7. The summed E-state index contributed by atoms with van der Waals surface area (Å²) in [6.45, 7) is 8.90. The summed E-state index contributed by atoms with van der Waals surface area (Å²) in [6, 6.07) is 4.81. The number of hydrogen-bond acceptors (Lipinski definition) is 6. The number of halogens is 4. The minimum atomic E-state index is -0.887. The van der Waals surface area contributed by atoms with E-state index < -0.39 is 23.3 Å². The lowest BCUT2D eigenvalue weighted by molar-refractivity contribution is -0.119. The summed E-state index contributed by atoms with van der Waals surface area (Å²) in [5.74, 6) is -1.84. The number of benzene rings is 2. The molecule has 0 radical (unpaired) electrons. The van der Waals surface area contributed by atoms with Gasteiger partial charge < -0.3 is 29.1 Å². The van der Waals surface area contributed by atoms with Crippen molar-refractivity contribution in [2.75, 3.05) is 75.4 Å². The summed E-state index contributed by atoms with van der Waals surface area (Å²) < 4.78 is 66.3. The fourth-order valence-electron chi connectivity index (χ4n) is 8.56. The predicted molar refractivity (Wildman–Crippen MR) is 204 cm³/mol. The lowest BCUT2D eigenvalue weighted by Crippen LogP contribution is -2.41. The molecule has 4 aliphatic heterocycles. The average molecular weight is 771 g/mol. The van der Waals surface area contributed by atoms with E-state index >= 15 is 0 Å². The second-order valence-electron chi connectivity index (χ2n) is 16.6. The lowest BCUT2D eigenvalue weighted by atomic mass is 9.86. The minimum absolute atomic E-state index is 0.000641. The van der Waals surface area contributed by atoms with Crippen LogP contribution in [-0.2, 0) is 31.9 Å². The third kappa shape index (κ3) is 10.9. The monoisotopic (exact) mass is 770 g/mol. The molecular weight excluding hydrogens is 712 g/mol. The van der Waals surface area contributed by atoms with Crippen LogP contribution in [0.5, 0.6) is 0 Å². The van der Waals surface area contributed by atoms with Crippen molar-refractivity contribution in [2.45, 2.75) is 109 Å². The first-order valence-corrected chi connectivity index (χ1v) is 20.9. The van der Waals surface area contributed by atoms with E-state index in [1.54, 1.807) is 9.80 Å². The van der Waals surface area contributed by atoms with Gasteiger partial charge >= 0.3 is 0 Å². The van der Waals surface area contributed by atoms with Gasteiger partial charge in [-0.15, -0.1) is 0 Å². The van der Waals surface area contributed by atoms with Crippen LogP contribution in [0.3, 0.4) is 0 Å². The zero-order valence-electron chi connectivity index (χ0n) is 32.2. The van der Waals surface area contributed by atoms with Gasteiger partial charge in [0.05, 0.1) is 12.2 Å². The molecule has 302 valence electrons. The SMILES string of the molecule is O=C1CCc2cc(F)c(F)cc2N1CCCN1CCC(OCC2CC2)CC1.O=C1CCc2cc(F)c(F)cc2N1CCCN1CCC(OCC2CCC2)CC1. The van der Waals surface area contributed by atoms with Crippen LogP contribution in [0.2, 0.25) is 0 Å². The molecule has 2 amide bonds. The Bertz CT molecular complexity index is 1620. The smallest absolute Gasteiger partial charge is 0.227 e. The van der Waals surface area contributed by atoms with E-state index in [0.29, 0.717) is 62.4 Å². The Morgan fingerprint density at radius 2 is 0.909 bits per heavy atom. The van der Waals surface area contributed by atoms with Crippen LogP contribution < -0.4 is 9.80 Å². The number of likely N-dealkylation sites (tertiary alicyclic amines) is 2.